The van der Waals surface area contributed by atoms with Crippen LogP contribution < -0.4 is 5.32 Å². The minimum absolute atomic E-state index is 0.0585. The molecule has 2 fully saturated rings. The molecule has 0 unspecified atom stereocenters. The highest BCUT2D eigenvalue weighted by Gasteiger charge is 2.45. The minimum atomic E-state index is -1.81. The number of carbonyl (C=O) groups is 2. The van der Waals surface area contributed by atoms with Crippen LogP contribution in [0.3, 0.4) is 0 Å². The molecule has 0 aromatic carbocycles. The molecule has 2 N–H and O–H groups in total. The SMILES string of the molecule is CC(C)[C@@H]1C[C@H](O[Si](C)(C)C(C)(C)C)CC[C@@H]1N1CC[C@H](NC(=O)O)C1=O. The van der Waals surface area contributed by atoms with Gasteiger partial charge in [0.1, 0.15) is 6.04 Å². The van der Waals surface area contributed by atoms with E-state index >= 15 is 0 Å². The van der Waals surface area contributed by atoms with Gasteiger partial charge in [-0.25, -0.2) is 4.79 Å². The highest BCUT2D eigenvalue weighted by Crippen LogP contribution is 2.42. The third-order valence-electron chi connectivity index (χ3n) is 6.88. The van der Waals surface area contributed by atoms with Crippen molar-refractivity contribution in [3.05, 3.63) is 0 Å². The largest absolute Gasteiger partial charge is 0.465 e. The Balaban J connectivity index is 2.07. The Morgan fingerprint density at radius 3 is 2.41 bits per heavy atom. The first-order valence-electron chi connectivity index (χ1n) is 10.3. The number of rotatable bonds is 5. The summed E-state index contributed by atoms with van der Waals surface area (Å²) in [6, 6.07) is -0.395. The number of likely N-dealkylation sites (tertiary alicyclic amines) is 1. The van der Waals surface area contributed by atoms with Crippen molar-refractivity contribution in [1.29, 1.82) is 0 Å². The van der Waals surface area contributed by atoms with E-state index in [1.54, 1.807) is 0 Å². The maximum Gasteiger partial charge on any atom is 0.405 e. The van der Waals surface area contributed by atoms with Gasteiger partial charge in [-0.15, -0.1) is 0 Å². The fourth-order valence-corrected chi connectivity index (χ4v) is 5.67. The molecule has 27 heavy (non-hydrogen) atoms. The van der Waals surface area contributed by atoms with Crippen LogP contribution in [-0.4, -0.2) is 55.1 Å². The highest BCUT2D eigenvalue weighted by molar-refractivity contribution is 6.74. The predicted octanol–water partition coefficient (Wildman–Crippen LogP) is 4.07. The van der Waals surface area contributed by atoms with Crippen molar-refractivity contribution in [2.24, 2.45) is 11.8 Å². The third-order valence-corrected chi connectivity index (χ3v) is 11.4. The number of carboxylic acid groups (broad SMARTS) is 1. The highest BCUT2D eigenvalue weighted by atomic mass is 28.4. The van der Waals surface area contributed by atoms with Gasteiger partial charge in [0.05, 0.1) is 0 Å². The van der Waals surface area contributed by atoms with Crippen LogP contribution in [0, 0.1) is 11.8 Å². The molecule has 2 amide bonds. The second kappa shape index (κ2) is 8.11. The predicted molar refractivity (Wildman–Crippen MR) is 109 cm³/mol. The first-order chi connectivity index (χ1) is 12.3. The van der Waals surface area contributed by atoms with Crippen molar-refractivity contribution in [2.75, 3.05) is 6.54 Å². The van der Waals surface area contributed by atoms with Gasteiger partial charge in [-0.3, -0.25) is 4.79 Å². The summed E-state index contributed by atoms with van der Waals surface area (Å²) in [5, 5.41) is 11.5. The average Bonchev–Trinajstić information content (AvgIpc) is 2.86. The van der Waals surface area contributed by atoms with Gasteiger partial charge in [-0.2, -0.15) is 0 Å². The van der Waals surface area contributed by atoms with Crippen LogP contribution in [-0.2, 0) is 9.22 Å². The molecule has 7 heteroatoms. The Labute approximate surface area is 165 Å². The molecule has 0 radical (unpaired) electrons. The lowest BCUT2D eigenvalue weighted by Crippen LogP contribution is -2.52. The Morgan fingerprint density at radius 1 is 1.26 bits per heavy atom. The van der Waals surface area contributed by atoms with Crippen LogP contribution in [0.1, 0.15) is 60.3 Å². The summed E-state index contributed by atoms with van der Waals surface area (Å²) in [5.74, 6) is 0.790. The fraction of sp³-hybridized carbons (Fsp3) is 0.900. The monoisotopic (exact) mass is 398 g/mol. The van der Waals surface area contributed by atoms with Crippen LogP contribution >= 0.6 is 0 Å². The van der Waals surface area contributed by atoms with Crippen LogP contribution in [0.25, 0.3) is 0 Å². The molecule has 2 rings (SSSR count). The fourth-order valence-electron chi connectivity index (χ4n) is 4.27. The van der Waals surface area contributed by atoms with E-state index in [2.05, 4.69) is 53.0 Å². The topological polar surface area (TPSA) is 78.9 Å². The molecule has 1 aliphatic carbocycles. The van der Waals surface area contributed by atoms with Gasteiger partial charge in [0.25, 0.3) is 0 Å². The molecule has 2 aliphatic rings. The van der Waals surface area contributed by atoms with Crippen molar-refractivity contribution < 1.29 is 19.1 Å². The van der Waals surface area contributed by atoms with Crippen molar-refractivity contribution in [3.63, 3.8) is 0 Å². The molecule has 0 spiro atoms. The van der Waals surface area contributed by atoms with Gasteiger partial charge in [0.15, 0.2) is 8.32 Å². The van der Waals surface area contributed by atoms with Gasteiger partial charge in [0.2, 0.25) is 5.91 Å². The molecule has 6 nitrogen and oxygen atoms in total. The van der Waals surface area contributed by atoms with Gasteiger partial charge in [0, 0.05) is 18.7 Å². The Kier molecular flexibility index (Phi) is 6.67. The summed E-state index contributed by atoms with van der Waals surface area (Å²) in [4.78, 5) is 25.6. The summed E-state index contributed by atoms with van der Waals surface area (Å²) < 4.78 is 6.68. The molecular formula is C20H38N2O4Si. The lowest BCUT2D eigenvalue weighted by atomic mass is 9.76. The quantitative estimate of drug-likeness (QED) is 0.684. The number of nitrogens with zero attached hydrogens (tertiary/aromatic N) is 1. The lowest BCUT2D eigenvalue weighted by Gasteiger charge is -2.46. The van der Waals surface area contributed by atoms with Crippen molar-refractivity contribution in [1.82, 2.24) is 10.2 Å². The zero-order chi connectivity index (χ0) is 20.6. The molecule has 1 saturated heterocycles. The number of hydrogen-bond donors (Lipinski definition) is 2. The zero-order valence-electron chi connectivity index (χ0n) is 18.0. The normalized spacial score (nSPS) is 30.1. The number of nitrogens with one attached hydrogen (secondary N) is 1. The van der Waals surface area contributed by atoms with E-state index in [1.165, 1.54) is 0 Å². The second-order valence-electron chi connectivity index (χ2n) is 10.1. The Bertz CT molecular complexity index is 559. The Morgan fingerprint density at radius 2 is 1.89 bits per heavy atom. The lowest BCUT2D eigenvalue weighted by molar-refractivity contribution is -0.134. The standard InChI is InChI=1S/C20H38N2O4Si/c1-13(2)15-12-14(26-27(6,7)20(3,4)5)8-9-17(15)22-11-10-16(18(22)23)21-19(24)25/h13-17,21H,8-12H2,1-7H3,(H,24,25)/t14-,15+,16+,17+/m1/s1. The summed E-state index contributed by atoms with van der Waals surface area (Å²) in [7, 11) is -1.81. The first-order valence-corrected chi connectivity index (χ1v) is 13.2. The molecule has 156 valence electrons. The molecule has 0 aromatic rings. The molecule has 0 bridgehead atoms. The van der Waals surface area contributed by atoms with E-state index < -0.39 is 20.5 Å². The zero-order valence-corrected chi connectivity index (χ0v) is 19.0. The third kappa shape index (κ3) is 5.05. The van der Waals surface area contributed by atoms with E-state index in [1.807, 2.05) is 4.90 Å². The van der Waals surface area contributed by atoms with Gasteiger partial charge < -0.3 is 19.7 Å². The van der Waals surface area contributed by atoms with E-state index in [9.17, 15) is 9.59 Å². The summed E-state index contributed by atoms with van der Waals surface area (Å²) in [6.07, 6.45) is 2.60. The van der Waals surface area contributed by atoms with Crippen molar-refractivity contribution in [3.8, 4) is 0 Å². The number of hydrogen-bond acceptors (Lipinski definition) is 3. The van der Waals surface area contributed by atoms with E-state index in [-0.39, 0.29) is 23.1 Å². The number of carbonyl (C=O) groups excluding carboxylic acids is 1. The summed E-state index contributed by atoms with van der Waals surface area (Å²) in [6.45, 7) is 16.5. The van der Waals surface area contributed by atoms with Gasteiger partial charge >= 0.3 is 6.09 Å². The number of amides is 2. The van der Waals surface area contributed by atoms with Crippen LogP contribution in [0.2, 0.25) is 18.1 Å². The maximum absolute atomic E-state index is 12.7. The maximum atomic E-state index is 12.7. The summed E-state index contributed by atoms with van der Waals surface area (Å²) in [5.41, 5.74) is 0. The second-order valence-corrected chi connectivity index (χ2v) is 14.9. The van der Waals surface area contributed by atoms with E-state index in [0.29, 0.717) is 24.8 Å². The molecule has 0 aromatic heterocycles. The summed E-state index contributed by atoms with van der Waals surface area (Å²) >= 11 is 0. The average molecular weight is 399 g/mol. The van der Waals surface area contributed by atoms with Crippen molar-refractivity contribution in [2.45, 2.75) is 96.6 Å². The van der Waals surface area contributed by atoms with Gasteiger partial charge in [-0.05, 0) is 55.7 Å². The minimum Gasteiger partial charge on any atom is -0.465 e. The smallest absolute Gasteiger partial charge is 0.405 e. The first kappa shape index (κ1) is 22.2. The molecule has 1 heterocycles. The molecule has 4 atom stereocenters. The van der Waals surface area contributed by atoms with Gasteiger partial charge in [-0.1, -0.05) is 34.6 Å². The van der Waals surface area contributed by atoms with E-state index in [4.69, 9.17) is 9.53 Å². The van der Waals surface area contributed by atoms with E-state index in [0.717, 1.165) is 19.3 Å². The Hall–Kier alpha value is -1.08. The van der Waals surface area contributed by atoms with Crippen LogP contribution in [0.15, 0.2) is 0 Å². The molecular weight excluding hydrogens is 360 g/mol. The van der Waals surface area contributed by atoms with Crippen molar-refractivity contribution >= 4 is 20.3 Å². The molecule has 1 saturated carbocycles. The van der Waals surface area contributed by atoms with Crippen LogP contribution in [0.4, 0.5) is 4.79 Å². The van der Waals surface area contributed by atoms with Crippen LogP contribution in [0.5, 0.6) is 0 Å². The molecule has 1 aliphatic heterocycles.